The third kappa shape index (κ3) is 1.84. The maximum atomic E-state index is 9.81. The zero-order valence-corrected chi connectivity index (χ0v) is 12.5. The van der Waals surface area contributed by atoms with Crippen LogP contribution in [0.1, 0.15) is 43.9 Å². The van der Waals surface area contributed by atoms with E-state index < -0.39 is 0 Å². The molecule has 3 heteroatoms. The summed E-state index contributed by atoms with van der Waals surface area (Å²) in [6.07, 6.45) is 3.04. The molecule has 0 heterocycles. The van der Waals surface area contributed by atoms with Crippen molar-refractivity contribution in [3.05, 3.63) is 33.8 Å². The van der Waals surface area contributed by atoms with Crippen LogP contribution in [0.3, 0.4) is 0 Å². The van der Waals surface area contributed by atoms with Gasteiger partial charge in [-0.1, -0.05) is 41.9 Å². The molecule has 2 nitrogen and oxygen atoms in total. The number of hydrogen-bond donors (Lipinski definition) is 2. The molecule has 0 amide bonds. The van der Waals surface area contributed by atoms with E-state index in [1.165, 1.54) is 22.0 Å². The van der Waals surface area contributed by atoms with E-state index in [-0.39, 0.29) is 11.5 Å². The van der Waals surface area contributed by atoms with Gasteiger partial charge in [-0.3, -0.25) is 0 Å². The normalized spacial score (nSPS) is 33.0. The van der Waals surface area contributed by atoms with Crippen molar-refractivity contribution in [1.29, 1.82) is 0 Å². The molecule has 0 spiro atoms. The van der Waals surface area contributed by atoms with E-state index in [1.54, 1.807) is 0 Å². The Morgan fingerprint density at radius 2 is 2.17 bits per heavy atom. The second-order valence-electron chi connectivity index (χ2n) is 6.19. The molecule has 1 saturated carbocycles. The molecule has 1 aromatic carbocycles. The summed E-state index contributed by atoms with van der Waals surface area (Å²) < 4.78 is 1.23. The van der Waals surface area contributed by atoms with E-state index in [4.69, 9.17) is 0 Å². The fourth-order valence-corrected chi connectivity index (χ4v) is 3.79. The number of aliphatic hydroxyl groups is 1. The first-order chi connectivity index (χ1) is 8.50. The van der Waals surface area contributed by atoms with Gasteiger partial charge in [-0.15, -0.1) is 0 Å². The lowest BCUT2D eigenvalue weighted by molar-refractivity contribution is -0.0760. The van der Waals surface area contributed by atoms with E-state index in [0.29, 0.717) is 12.1 Å². The van der Waals surface area contributed by atoms with Gasteiger partial charge in [0.2, 0.25) is 0 Å². The first-order valence-electron chi connectivity index (χ1n) is 6.71. The van der Waals surface area contributed by atoms with Crippen LogP contribution >= 0.6 is 15.9 Å². The summed E-state index contributed by atoms with van der Waals surface area (Å²) in [7, 11) is 0. The van der Waals surface area contributed by atoms with Crippen LogP contribution in [0.5, 0.6) is 0 Å². The Hall–Kier alpha value is -0.380. The van der Waals surface area contributed by atoms with Crippen molar-refractivity contribution in [3.8, 4) is 0 Å². The second-order valence-corrected chi connectivity index (χ2v) is 7.05. The van der Waals surface area contributed by atoms with Gasteiger partial charge in [0.25, 0.3) is 0 Å². The van der Waals surface area contributed by atoms with Gasteiger partial charge in [-0.2, -0.15) is 0 Å². The zero-order chi connectivity index (χ0) is 12.9. The Balaban J connectivity index is 1.76. The van der Waals surface area contributed by atoms with Gasteiger partial charge in [-0.05, 0) is 36.5 Å². The Morgan fingerprint density at radius 3 is 2.83 bits per heavy atom. The molecule has 1 fully saturated rings. The molecule has 18 heavy (non-hydrogen) atoms. The van der Waals surface area contributed by atoms with Gasteiger partial charge in [0.15, 0.2) is 0 Å². The van der Waals surface area contributed by atoms with Crippen molar-refractivity contribution in [2.24, 2.45) is 5.41 Å². The zero-order valence-electron chi connectivity index (χ0n) is 10.9. The van der Waals surface area contributed by atoms with E-state index in [0.717, 1.165) is 12.8 Å². The lowest BCUT2D eigenvalue weighted by atomic mass is 9.64. The predicted molar refractivity (Wildman–Crippen MR) is 76.5 cm³/mol. The van der Waals surface area contributed by atoms with Crippen LogP contribution in [-0.2, 0) is 6.42 Å². The monoisotopic (exact) mass is 309 g/mol. The largest absolute Gasteiger partial charge is 0.392 e. The van der Waals surface area contributed by atoms with Gasteiger partial charge in [0, 0.05) is 22.0 Å². The highest BCUT2D eigenvalue weighted by Crippen LogP contribution is 2.43. The fourth-order valence-electron chi connectivity index (χ4n) is 3.21. The molecule has 0 radical (unpaired) electrons. The smallest absolute Gasteiger partial charge is 0.0621 e. The molecular formula is C15H20BrNO. The summed E-state index contributed by atoms with van der Waals surface area (Å²) >= 11 is 3.64. The summed E-state index contributed by atoms with van der Waals surface area (Å²) in [5.41, 5.74) is 2.89. The van der Waals surface area contributed by atoms with E-state index in [9.17, 15) is 5.11 Å². The average molecular weight is 310 g/mol. The summed E-state index contributed by atoms with van der Waals surface area (Å²) in [5.74, 6) is 0. The maximum absolute atomic E-state index is 9.81. The molecule has 1 aromatic rings. The van der Waals surface area contributed by atoms with E-state index in [1.807, 2.05) is 0 Å². The molecule has 0 bridgehead atoms. The standard InChI is InChI=1S/C15H20BrNO/c1-15(2)13(8-14(15)18)17-12-7-6-9-10(12)4-3-5-11(9)16/h3-5,12-14,17-18H,6-8H2,1-2H3. The van der Waals surface area contributed by atoms with Crippen LogP contribution in [0.25, 0.3) is 0 Å². The lowest BCUT2D eigenvalue weighted by Crippen LogP contribution is -2.60. The highest BCUT2D eigenvalue weighted by atomic mass is 79.9. The first-order valence-corrected chi connectivity index (χ1v) is 7.51. The van der Waals surface area contributed by atoms with Crippen LogP contribution < -0.4 is 5.32 Å². The van der Waals surface area contributed by atoms with E-state index in [2.05, 4.69) is 53.3 Å². The van der Waals surface area contributed by atoms with Crippen LogP contribution in [-0.4, -0.2) is 17.3 Å². The maximum Gasteiger partial charge on any atom is 0.0621 e. The number of aliphatic hydroxyl groups excluding tert-OH is 1. The highest BCUT2D eigenvalue weighted by molar-refractivity contribution is 9.10. The number of hydrogen-bond acceptors (Lipinski definition) is 2. The fraction of sp³-hybridized carbons (Fsp3) is 0.600. The van der Waals surface area contributed by atoms with Gasteiger partial charge >= 0.3 is 0 Å². The quantitative estimate of drug-likeness (QED) is 0.879. The van der Waals surface area contributed by atoms with Crippen LogP contribution in [0.15, 0.2) is 22.7 Å². The highest BCUT2D eigenvalue weighted by Gasteiger charge is 2.48. The molecule has 3 unspecified atom stereocenters. The van der Waals surface area contributed by atoms with Gasteiger partial charge < -0.3 is 10.4 Å². The molecule has 0 aromatic heterocycles. The van der Waals surface area contributed by atoms with Gasteiger partial charge in [0.1, 0.15) is 0 Å². The minimum Gasteiger partial charge on any atom is -0.392 e. The first kappa shape index (κ1) is 12.6. The van der Waals surface area contributed by atoms with Gasteiger partial charge in [0.05, 0.1) is 6.10 Å². The number of halogens is 1. The lowest BCUT2D eigenvalue weighted by Gasteiger charge is -2.50. The van der Waals surface area contributed by atoms with Crippen molar-refractivity contribution < 1.29 is 5.11 Å². The second kappa shape index (κ2) is 4.32. The Bertz CT molecular complexity index is 472. The Labute approximate surface area is 117 Å². The van der Waals surface area contributed by atoms with E-state index >= 15 is 0 Å². The van der Waals surface area contributed by atoms with Crippen molar-refractivity contribution >= 4 is 15.9 Å². The number of fused-ring (bicyclic) bond motifs is 1. The third-order valence-corrected chi connectivity index (χ3v) is 5.57. The SMILES string of the molecule is CC1(C)C(O)CC1NC1CCc2c(Br)cccc21. The Morgan fingerprint density at radius 1 is 1.39 bits per heavy atom. The summed E-state index contributed by atoms with van der Waals surface area (Å²) in [6, 6.07) is 7.35. The van der Waals surface area contributed by atoms with Crippen molar-refractivity contribution in [2.45, 2.75) is 51.3 Å². The molecule has 0 aliphatic heterocycles. The Kier molecular flexibility index (Phi) is 3.04. The molecule has 3 atom stereocenters. The summed E-state index contributed by atoms with van der Waals surface area (Å²) in [5, 5.41) is 13.6. The summed E-state index contributed by atoms with van der Waals surface area (Å²) in [6.45, 7) is 4.30. The third-order valence-electron chi connectivity index (χ3n) is 4.83. The minimum atomic E-state index is -0.154. The average Bonchev–Trinajstić information content (AvgIpc) is 2.74. The number of benzene rings is 1. The molecule has 2 aliphatic carbocycles. The molecule has 3 rings (SSSR count). The number of rotatable bonds is 2. The molecule has 98 valence electrons. The predicted octanol–water partition coefficient (Wildman–Crippen LogP) is 3.19. The molecule has 2 aliphatic rings. The molecule has 2 N–H and O–H groups in total. The minimum absolute atomic E-state index is 0.00870. The molecular weight excluding hydrogens is 290 g/mol. The van der Waals surface area contributed by atoms with Crippen molar-refractivity contribution in [1.82, 2.24) is 5.32 Å². The topological polar surface area (TPSA) is 32.3 Å². The van der Waals surface area contributed by atoms with Crippen LogP contribution in [0, 0.1) is 5.41 Å². The van der Waals surface area contributed by atoms with Crippen LogP contribution in [0.2, 0.25) is 0 Å². The number of nitrogens with one attached hydrogen (secondary N) is 1. The van der Waals surface area contributed by atoms with Gasteiger partial charge in [-0.25, -0.2) is 0 Å². The summed E-state index contributed by atoms with van der Waals surface area (Å²) in [4.78, 5) is 0. The van der Waals surface area contributed by atoms with Crippen LogP contribution in [0.4, 0.5) is 0 Å². The molecule has 0 saturated heterocycles. The van der Waals surface area contributed by atoms with Crippen molar-refractivity contribution in [2.75, 3.05) is 0 Å². The van der Waals surface area contributed by atoms with Crippen molar-refractivity contribution in [3.63, 3.8) is 0 Å².